The van der Waals surface area contributed by atoms with E-state index in [0.717, 1.165) is 72.5 Å². The zero-order valence-electron chi connectivity index (χ0n) is 36.1. The number of amides is 3. The molecule has 3 heterocycles. The molecule has 3 aliphatic heterocycles. The second-order valence-corrected chi connectivity index (χ2v) is 15.9. The zero-order valence-corrected chi connectivity index (χ0v) is 36.1. The number of carbonyl (C=O) groups excluding carboxylic acids is 3. The van der Waals surface area contributed by atoms with Gasteiger partial charge in [-0.25, -0.2) is 0 Å². The van der Waals surface area contributed by atoms with Crippen LogP contribution in [0.1, 0.15) is 95.2 Å². The molecule has 0 radical (unpaired) electrons. The van der Waals surface area contributed by atoms with Gasteiger partial charge in [-0.3, -0.25) is 24.2 Å². The number of carbonyl (C=O) groups is 3. The van der Waals surface area contributed by atoms with Gasteiger partial charge < -0.3 is 28.9 Å². The van der Waals surface area contributed by atoms with E-state index in [1.165, 1.54) is 0 Å². The average molecular weight is 812 g/mol. The third kappa shape index (κ3) is 15.8. The minimum absolute atomic E-state index is 0.134. The van der Waals surface area contributed by atoms with Gasteiger partial charge in [0.25, 0.3) is 0 Å². The summed E-state index contributed by atoms with van der Waals surface area (Å²) < 4.78 is 19.0. The summed E-state index contributed by atoms with van der Waals surface area (Å²) in [6, 6.07) is 24.2. The summed E-state index contributed by atoms with van der Waals surface area (Å²) in [6.45, 7) is 14.6. The van der Waals surface area contributed by atoms with Crippen molar-refractivity contribution in [3.05, 3.63) is 89.5 Å². The van der Waals surface area contributed by atoms with E-state index in [4.69, 9.17) is 14.2 Å². The lowest BCUT2D eigenvalue weighted by molar-refractivity contribution is -0.132. The number of rotatable bonds is 9. The van der Waals surface area contributed by atoms with Crippen LogP contribution >= 0.6 is 0 Å². The monoisotopic (exact) mass is 812 g/mol. The maximum Gasteiger partial charge on any atom is 0.222 e. The molecule has 0 aromatic heterocycles. The molecule has 0 spiro atoms. The maximum atomic E-state index is 13.8. The molecule has 0 unspecified atom stereocenters. The third-order valence-corrected chi connectivity index (χ3v) is 11.2. The Labute approximate surface area is 353 Å². The Bertz CT molecular complexity index is 1540. The minimum atomic E-state index is 0.134. The molecule has 0 fully saturated rings. The molecule has 0 saturated heterocycles. The summed E-state index contributed by atoms with van der Waals surface area (Å²) in [5.74, 6) is 2.72. The maximum absolute atomic E-state index is 13.8. The van der Waals surface area contributed by atoms with Crippen LogP contribution in [0.4, 0.5) is 0 Å². The highest BCUT2D eigenvalue weighted by molar-refractivity contribution is 5.77. The number of nitrogens with zero attached hydrogens (tertiary/aromatic N) is 5. The number of ether oxygens (including phenoxy) is 3. The van der Waals surface area contributed by atoms with Gasteiger partial charge in [0.15, 0.2) is 0 Å². The van der Waals surface area contributed by atoms with Crippen LogP contribution in [0.2, 0.25) is 0 Å². The van der Waals surface area contributed by atoms with Crippen LogP contribution in [0.5, 0.6) is 17.2 Å². The molecule has 59 heavy (non-hydrogen) atoms. The minimum Gasteiger partial charge on any atom is -0.492 e. The Morgan fingerprint density at radius 1 is 0.441 bits per heavy atom. The molecule has 3 aromatic rings. The molecule has 3 aromatic carbocycles. The standard InChI is InChI=1S/C48H69N5O6/c1-4-7-19-46(54)51-25-22-49-23-26-52(47(55)20-8-5-2)38-41-14-11-17-44(35-41)58-32-29-50(28-31-57-43-16-10-13-40(34-43)37-51)30-33-59-45-18-12-15-42(36-45)39-53(27-24-49)48(56)21-9-6-3/h10-18,34-36H,4-9,19-33,37-39H2,1-3H3. The number of benzene rings is 3. The number of hydrogen-bond acceptors (Lipinski definition) is 8. The van der Waals surface area contributed by atoms with Crippen LogP contribution in [0, 0.1) is 0 Å². The topological polar surface area (TPSA) is 95.1 Å². The van der Waals surface area contributed by atoms with Gasteiger partial charge in [0.05, 0.1) is 0 Å². The second kappa shape index (κ2) is 25.1. The van der Waals surface area contributed by atoms with Gasteiger partial charge in [-0.15, -0.1) is 0 Å². The summed E-state index contributed by atoms with van der Waals surface area (Å²) in [5, 5.41) is 0. The fraction of sp³-hybridized carbons (Fsp3) is 0.562. The number of fused-ring (bicyclic) bond motifs is 15. The fourth-order valence-electron chi connectivity index (χ4n) is 7.53. The first-order valence-corrected chi connectivity index (χ1v) is 22.3. The van der Waals surface area contributed by atoms with Crippen molar-refractivity contribution in [1.82, 2.24) is 24.5 Å². The predicted octanol–water partition coefficient (Wildman–Crippen LogP) is 7.41. The van der Waals surface area contributed by atoms with E-state index in [2.05, 4.69) is 48.8 Å². The van der Waals surface area contributed by atoms with Crippen LogP contribution in [0.25, 0.3) is 0 Å². The first-order chi connectivity index (χ1) is 28.8. The van der Waals surface area contributed by atoms with E-state index in [9.17, 15) is 14.4 Å². The Morgan fingerprint density at radius 3 is 1.05 bits per heavy atom. The molecule has 0 N–H and O–H groups in total. The molecule has 0 saturated carbocycles. The third-order valence-electron chi connectivity index (χ3n) is 11.2. The second-order valence-electron chi connectivity index (χ2n) is 15.9. The van der Waals surface area contributed by atoms with Crippen molar-refractivity contribution in [2.75, 3.05) is 78.7 Å². The molecule has 11 heteroatoms. The molecule has 6 rings (SSSR count). The van der Waals surface area contributed by atoms with E-state index in [1.54, 1.807) is 0 Å². The molecule has 0 aliphatic carbocycles. The van der Waals surface area contributed by atoms with Crippen LogP contribution in [-0.2, 0) is 34.0 Å². The van der Waals surface area contributed by atoms with Gasteiger partial charge in [-0.1, -0.05) is 76.4 Å². The lowest BCUT2D eigenvalue weighted by Crippen LogP contribution is -2.45. The van der Waals surface area contributed by atoms with Crippen LogP contribution < -0.4 is 14.2 Å². The van der Waals surface area contributed by atoms with Crippen molar-refractivity contribution in [2.24, 2.45) is 0 Å². The van der Waals surface area contributed by atoms with E-state index < -0.39 is 0 Å². The fourth-order valence-corrected chi connectivity index (χ4v) is 7.53. The Balaban J connectivity index is 1.54. The zero-order chi connectivity index (χ0) is 41.7. The molecule has 3 amide bonds. The molecule has 322 valence electrons. The van der Waals surface area contributed by atoms with E-state index in [1.807, 2.05) is 69.3 Å². The molecular weight excluding hydrogens is 743 g/mol. The Kier molecular flexibility index (Phi) is 19.4. The summed E-state index contributed by atoms with van der Waals surface area (Å²) in [5.41, 5.74) is 3.05. The molecule has 8 bridgehead atoms. The smallest absolute Gasteiger partial charge is 0.222 e. The lowest BCUT2D eigenvalue weighted by Gasteiger charge is -2.32. The largest absolute Gasteiger partial charge is 0.492 e. The van der Waals surface area contributed by atoms with Crippen molar-refractivity contribution in [1.29, 1.82) is 0 Å². The Morgan fingerprint density at radius 2 is 0.746 bits per heavy atom. The average Bonchev–Trinajstić information content (AvgIpc) is 3.24. The predicted molar refractivity (Wildman–Crippen MR) is 234 cm³/mol. The van der Waals surface area contributed by atoms with E-state index in [0.29, 0.717) is 118 Å². The van der Waals surface area contributed by atoms with E-state index in [-0.39, 0.29) is 17.7 Å². The first-order valence-electron chi connectivity index (χ1n) is 22.3. The highest BCUT2D eigenvalue weighted by Crippen LogP contribution is 2.20. The molecular formula is C48H69N5O6. The summed E-state index contributed by atoms with van der Waals surface area (Å²) in [4.78, 5) is 52.1. The van der Waals surface area contributed by atoms with Gasteiger partial charge in [0.1, 0.15) is 37.1 Å². The highest BCUT2D eigenvalue weighted by Gasteiger charge is 2.22. The number of hydrogen-bond donors (Lipinski definition) is 0. The van der Waals surface area contributed by atoms with Crippen molar-refractivity contribution in [3.8, 4) is 17.2 Å². The summed E-state index contributed by atoms with van der Waals surface area (Å²) in [7, 11) is 0. The highest BCUT2D eigenvalue weighted by atomic mass is 16.5. The summed E-state index contributed by atoms with van der Waals surface area (Å²) in [6.07, 6.45) is 6.82. The normalized spacial score (nSPS) is 18.9. The first kappa shape index (κ1) is 45.5. The van der Waals surface area contributed by atoms with Crippen LogP contribution in [0.15, 0.2) is 72.8 Å². The number of unbranched alkanes of at least 4 members (excludes halogenated alkanes) is 3. The molecule has 11 nitrogen and oxygen atoms in total. The van der Waals surface area contributed by atoms with Gasteiger partial charge in [0, 0.05) is 97.8 Å². The van der Waals surface area contributed by atoms with Crippen LogP contribution in [0.3, 0.4) is 0 Å². The summed E-state index contributed by atoms with van der Waals surface area (Å²) >= 11 is 0. The van der Waals surface area contributed by atoms with Crippen molar-refractivity contribution >= 4 is 17.7 Å². The van der Waals surface area contributed by atoms with Gasteiger partial charge in [0.2, 0.25) is 17.7 Å². The van der Waals surface area contributed by atoms with Gasteiger partial charge >= 0.3 is 0 Å². The lowest BCUT2D eigenvalue weighted by atomic mass is 10.1. The van der Waals surface area contributed by atoms with E-state index >= 15 is 0 Å². The molecule has 0 atom stereocenters. The van der Waals surface area contributed by atoms with Crippen LogP contribution in [-0.4, -0.2) is 121 Å². The van der Waals surface area contributed by atoms with Gasteiger partial charge in [-0.05, 0) is 72.4 Å². The van der Waals surface area contributed by atoms with Crippen molar-refractivity contribution in [2.45, 2.75) is 98.2 Å². The quantitative estimate of drug-likeness (QED) is 0.221. The van der Waals surface area contributed by atoms with Gasteiger partial charge in [-0.2, -0.15) is 0 Å². The molecule has 3 aliphatic rings. The Hall–Kier alpha value is -4.61. The SMILES string of the molecule is CCCCC(=O)N1CCN2CCN(C(=O)CCCC)Cc3cccc(c3)OCCN(CCOc3cccc(c3)C1)CCOc1cccc(c1)CN(C(=O)CCCC)CC2. The van der Waals surface area contributed by atoms with Crippen molar-refractivity contribution < 1.29 is 28.6 Å². The van der Waals surface area contributed by atoms with Crippen molar-refractivity contribution in [3.63, 3.8) is 0 Å².